The van der Waals surface area contributed by atoms with Crippen LogP contribution in [-0.2, 0) is 0 Å². The molecule has 0 radical (unpaired) electrons. The Morgan fingerprint density at radius 2 is 1.25 bits per heavy atom. The van der Waals surface area contributed by atoms with E-state index < -0.39 is 0 Å². The molecule has 0 spiro atoms. The SMILES string of the molecule is CCCC.P1PSS1. The van der Waals surface area contributed by atoms with E-state index in [1.807, 2.05) is 20.8 Å². The van der Waals surface area contributed by atoms with E-state index >= 15 is 0 Å². The van der Waals surface area contributed by atoms with Gasteiger partial charge in [-0.15, -0.1) is 0 Å². The third kappa shape index (κ3) is 7.56. The van der Waals surface area contributed by atoms with Crippen LogP contribution in [0.2, 0.25) is 0 Å². The van der Waals surface area contributed by atoms with Gasteiger partial charge >= 0.3 is 0 Å². The minimum atomic E-state index is 1.23. The van der Waals surface area contributed by atoms with Gasteiger partial charge in [-0.05, 0) is 14.9 Å². The molecule has 1 fully saturated rings. The Bertz CT molecular complexity index is 33.0. The molecule has 1 aliphatic heterocycles. The van der Waals surface area contributed by atoms with Crippen LogP contribution in [0.4, 0.5) is 0 Å². The van der Waals surface area contributed by atoms with Crippen molar-refractivity contribution in [3.05, 3.63) is 0 Å². The number of hydrogen-bond donors (Lipinski definition) is 0. The molecule has 2 atom stereocenters. The molecule has 0 aliphatic carbocycles. The van der Waals surface area contributed by atoms with Gasteiger partial charge in [0, 0.05) is 0 Å². The molecule has 8 heavy (non-hydrogen) atoms. The minimum Gasteiger partial charge on any atom is -0.0654 e. The molecular weight excluding hydrogens is 174 g/mol. The fraction of sp³-hybridized carbons (Fsp3) is 1.00. The van der Waals surface area contributed by atoms with Crippen molar-refractivity contribution in [2.75, 3.05) is 0 Å². The number of unbranched alkanes of at least 4 members (excludes halogenated alkanes) is 1. The lowest BCUT2D eigenvalue weighted by atomic mass is 10.4. The van der Waals surface area contributed by atoms with Gasteiger partial charge in [0.15, 0.2) is 0 Å². The maximum absolute atomic E-state index is 2.18. The smallest absolute Gasteiger partial charge is 0.0154 e. The lowest BCUT2D eigenvalue weighted by Crippen LogP contribution is -1.47. The normalized spacial score (nSPS) is 21.8. The minimum absolute atomic E-state index is 1.23. The summed E-state index contributed by atoms with van der Waals surface area (Å²) in [6.45, 7) is 4.36. The monoisotopic (exact) mass is 186 g/mol. The van der Waals surface area contributed by atoms with Gasteiger partial charge in [-0.1, -0.05) is 47.5 Å². The molecule has 1 aliphatic rings. The van der Waals surface area contributed by atoms with Crippen molar-refractivity contribution in [2.45, 2.75) is 26.7 Å². The molecule has 0 aromatic heterocycles. The Kier molecular flexibility index (Phi) is 10.2. The molecule has 50 valence electrons. The fourth-order valence-electron chi connectivity index (χ4n) is 0.0417. The van der Waals surface area contributed by atoms with Crippen LogP contribution in [-0.4, -0.2) is 0 Å². The molecule has 0 aromatic rings. The predicted octanol–water partition coefficient (Wildman–Crippen LogP) is 4.29. The largest absolute Gasteiger partial charge is 0.0654 e. The summed E-state index contributed by atoms with van der Waals surface area (Å²) >= 11 is 0. The Morgan fingerprint density at radius 1 is 1.00 bits per heavy atom. The molecular formula is C4H12P2S2. The highest BCUT2D eigenvalue weighted by Crippen LogP contribution is 2.76. The molecule has 4 heteroatoms. The van der Waals surface area contributed by atoms with Crippen molar-refractivity contribution < 1.29 is 0 Å². The topological polar surface area (TPSA) is 0 Å². The summed E-state index contributed by atoms with van der Waals surface area (Å²) in [4.78, 5) is 0. The average Bonchev–Trinajstić information content (AvgIpc) is 1.61. The Hall–Kier alpha value is 1.56. The van der Waals surface area contributed by atoms with E-state index in [2.05, 4.69) is 13.8 Å². The molecule has 1 heterocycles. The maximum atomic E-state index is 2.18. The zero-order chi connectivity index (χ0) is 6.24. The van der Waals surface area contributed by atoms with E-state index in [1.54, 1.807) is 0 Å². The van der Waals surface area contributed by atoms with Crippen molar-refractivity contribution >= 4 is 35.8 Å². The predicted molar refractivity (Wildman–Crippen MR) is 52.4 cm³/mol. The first kappa shape index (κ1) is 9.56. The summed E-state index contributed by atoms with van der Waals surface area (Å²) in [6, 6.07) is 0. The van der Waals surface area contributed by atoms with Gasteiger partial charge in [-0.3, -0.25) is 0 Å². The number of hydrogen-bond acceptors (Lipinski definition) is 2. The summed E-state index contributed by atoms with van der Waals surface area (Å²) in [5, 5.41) is 0. The lowest BCUT2D eigenvalue weighted by molar-refractivity contribution is 0.886. The number of rotatable bonds is 1. The lowest BCUT2D eigenvalue weighted by Gasteiger charge is -2.04. The van der Waals surface area contributed by atoms with Crippen LogP contribution in [0.15, 0.2) is 0 Å². The highest BCUT2D eigenvalue weighted by Gasteiger charge is 1.96. The van der Waals surface area contributed by atoms with Crippen LogP contribution < -0.4 is 0 Å². The summed E-state index contributed by atoms with van der Waals surface area (Å²) in [5.41, 5.74) is 0. The first-order valence-electron chi connectivity index (χ1n) is 2.74. The van der Waals surface area contributed by atoms with Crippen LogP contribution in [0.1, 0.15) is 26.7 Å². The summed E-state index contributed by atoms with van der Waals surface area (Å²) in [7, 11) is 6.44. The second-order valence-electron chi connectivity index (χ2n) is 1.37. The molecule has 0 amide bonds. The van der Waals surface area contributed by atoms with E-state index in [9.17, 15) is 0 Å². The molecule has 2 unspecified atom stereocenters. The van der Waals surface area contributed by atoms with Crippen LogP contribution in [0.25, 0.3) is 0 Å². The standard InChI is InChI=1S/C4H10.H2P2S2/c1-3-4-2;1-2-4-3-1/h3-4H2,1-2H3;1-2H. The highest BCUT2D eigenvalue weighted by molar-refractivity contribution is 9.31. The van der Waals surface area contributed by atoms with E-state index in [4.69, 9.17) is 0 Å². The van der Waals surface area contributed by atoms with Gasteiger partial charge in [0.2, 0.25) is 0 Å². The Morgan fingerprint density at radius 3 is 1.25 bits per heavy atom. The van der Waals surface area contributed by atoms with Crippen LogP contribution in [0, 0.1) is 0 Å². The van der Waals surface area contributed by atoms with Gasteiger partial charge in [-0.2, -0.15) is 0 Å². The highest BCUT2D eigenvalue weighted by atomic mass is 33.7. The molecule has 0 aromatic carbocycles. The van der Waals surface area contributed by atoms with E-state index in [0.717, 1.165) is 0 Å². The van der Waals surface area contributed by atoms with E-state index in [1.165, 1.54) is 27.8 Å². The van der Waals surface area contributed by atoms with Crippen molar-refractivity contribution in [3.63, 3.8) is 0 Å². The van der Waals surface area contributed by atoms with E-state index in [-0.39, 0.29) is 0 Å². The van der Waals surface area contributed by atoms with Gasteiger partial charge < -0.3 is 0 Å². The van der Waals surface area contributed by atoms with Crippen LogP contribution in [0.5, 0.6) is 0 Å². The Labute approximate surface area is 62.7 Å². The molecule has 0 saturated carbocycles. The van der Waals surface area contributed by atoms with Crippen molar-refractivity contribution in [1.29, 1.82) is 0 Å². The molecule has 0 N–H and O–H groups in total. The maximum Gasteiger partial charge on any atom is -0.0154 e. The first-order chi connectivity index (χ1) is 3.91. The second kappa shape index (κ2) is 8.56. The van der Waals surface area contributed by atoms with E-state index in [0.29, 0.717) is 0 Å². The average molecular weight is 186 g/mol. The van der Waals surface area contributed by atoms with Gasteiger partial charge in [-0.25, -0.2) is 0 Å². The van der Waals surface area contributed by atoms with Crippen LogP contribution in [0.3, 0.4) is 0 Å². The second-order valence-corrected chi connectivity index (χ2v) is 11.0. The molecule has 0 nitrogen and oxygen atoms in total. The third-order valence-electron chi connectivity index (χ3n) is 0.667. The molecule has 1 saturated heterocycles. The van der Waals surface area contributed by atoms with Crippen LogP contribution >= 0.6 is 35.8 Å². The third-order valence-corrected chi connectivity index (χ3v) is 14.0. The van der Waals surface area contributed by atoms with Crippen molar-refractivity contribution in [1.82, 2.24) is 0 Å². The first-order valence-corrected chi connectivity index (χ1v) is 9.34. The molecule has 1 rings (SSSR count). The van der Waals surface area contributed by atoms with Gasteiger partial charge in [0.1, 0.15) is 0 Å². The summed E-state index contributed by atoms with van der Waals surface area (Å²) in [6.07, 6.45) is 2.64. The van der Waals surface area contributed by atoms with Crippen molar-refractivity contribution in [2.24, 2.45) is 0 Å². The summed E-state index contributed by atoms with van der Waals surface area (Å²) < 4.78 is 0. The fourth-order valence-corrected chi connectivity index (χ4v) is 3.37. The quantitative estimate of drug-likeness (QED) is 0.442. The van der Waals surface area contributed by atoms with Gasteiger partial charge in [0.05, 0.1) is 0 Å². The zero-order valence-corrected chi connectivity index (χ0v) is 8.86. The molecule has 0 bridgehead atoms. The van der Waals surface area contributed by atoms with Crippen molar-refractivity contribution in [3.8, 4) is 0 Å². The van der Waals surface area contributed by atoms with Gasteiger partial charge in [0.25, 0.3) is 0 Å². The summed E-state index contributed by atoms with van der Waals surface area (Å²) in [5.74, 6) is 0. The zero-order valence-electron chi connectivity index (χ0n) is 5.23. The Balaban J connectivity index is 0.000000122.